The summed E-state index contributed by atoms with van der Waals surface area (Å²) >= 11 is 0. The second-order valence-corrected chi connectivity index (χ2v) is 6.15. The van der Waals surface area contributed by atoms with Gasteiger partial charge in [0.2, 0.25) is 0 Å². The third-order valence-corrected chi connectivity index (χ3v) is 4.84. The molecule has 0 aliphatic heterocycles. The first kappa shape index (κ1) is 18.6. The predicted molar refractivity (Wildman–Crippen MR) is 75.5 cm³/mol. The number of carbonyl (C=O) groups is 1. The zero-order chi connectivity index (χ0) is 14.6. The Balaban J connectivity index is 4.31. The molecule has 0 aromatic rings. The van der Waals surface area contributed by atoms with E-state index < -0.39 is 9.05 Å². The quantitative estimate of drug-likeness (QED) is 0.409. The van der Waals surface area contributed by atoms with E-state index in [-0.39, 0.29) is 5.97 Å². The standard InChI is InChI=1S/C13H28O5Si/c1-5-9-10-11-12-13(14)18-19(15-6-2,16-7-3)17-8-4/h5-12H2,1-4H3. The van der Waals surface area contributed by atoms with Crippen LogP contribution in [0.25, 0.3) is 0 Å². The van der Waals surface area contributed by atoms with Crippen LogP contribution in [0.4, 0.5) is 0 Å². The second-order valence-electron chi connectivity index (χ2n) is 4.08. The lowest BCUT2D eigenvalue weighted by Gasteiger charge is -2.25. The summed E-state index contributed by atoms with van der Waals surface area (Å²) in [5.74, 6) is -0.293. The first-order valence-electron chi connectivity index (χ1n) is 7.27. The Hall–Kier alpha value is -0.433. The minimum absolute atomic E-state index is 0.293. The molecule has 0 aliphatic rings. The average molecular weight is 292 g/mol. The summed E-state index contributed by atoms with van der Waals surface area (Å²) in [6.45, 7) is 8.81. The Morgan fingerprint density at radius 3 is 1.79 bits per heavy atom. The Bertz CT molecular complexity index is 218. The average Bonchev–Trinajstić information content (AvgIpc) is 2.35. The van der Waals surface area contributed by atoms with Gasteiger partial charge in [-0.15, -0.1) is 0 Å². The third-order valence-electron chi connectivity index (χ3n) is 2.44. The zero-order valence-electron chi connectivity index (χ0n) is 12.7. The van der Waals surface area contributed by atoms with Crippen LogP contribution in [0.2, 0.25) is 0 Å². The van der Waals surface area contributed by atoms with Gasteiger partial charge in [-0.25, -0.2) is 0 Å². The fraction of sp³-hybridized carbons (Fsp3) is 0.923. The monoisotopic (exact) mass is 292 g/mol. The molecule has 0 atom stereocenters. The molecule has 0 saturated carbocycles. The molecule has 6 heteroatoms. The van der Waals surface area contributed by atoms with Crippen LogP contribution < -0.4 is 0 Å². The lowest BCUT2D eigenvalue weighted by atomic mass is 10.2. The van der Waals surface area contributed by atoms with Gasteiger partial charge >= 0.3 is 9.05 Å². The molecule has 0 aromatic heterocycles. The summed E-state index contributed by atoms with van der Waals surface area (Å²) in [6, 6.07) is 0. The van der Waals surface area contributed by atoms with Crippen molar-refractivity contribution in [1.29, 1.82) is 0 Å². The molecule has 0 spiro atoms. The minimum atomic E-state index is -3.28. The molecule has 5 nitrogen and oxygen atoms in total. The van der Waals surface area contributed by atoms with Crippen LogP contribution >= 0.6 is 0 Å². The Morgan fingerprint density at radius 2 is 1.37 bits per heavy atom. The van der Waals surface area contributed by atoms with E-state index in [1.807, 2.05) is 20.8 Å². The van der Waals surface area contributed by atoms with E-state index >= 15 is 0 Å². The normalized spacial score (nSPS) is 11.6. The van der Waals surface area contributed by atoms with Crippen molar-refractivity contribution >= 4 is 15.0 Å². The van der Waals surface area contributed by atoms with Crippen LogP contribution in [-0.4, -0.2) is 34.8 Å². The maximum atomic E-state index is 11.8. The summed E-state index contributed by atoms with van der Waals surface area (Å²) in [4.78, 5) is 11.8. The van der Waals surface area contributed by atoms with Crippen LogP contribution in [0, 0.1) is 0 Å². The summed E-state index contributed by atoms with van der Waals surface area (Å²) in [6.07, 6.45) is 4.55. The predicted octanol–water partition coefficient (Wildman–Crippen LogP) is 3.05. The molecule has 0 aliphatic carbocycles. The molecule has 0 heterocycles. The van der Waals surface area contributed by atoms with Crippen LogP contribution in [0.1, 0.15) is 59.8 Å². The smallest absolute Gasteiger partial charge is 0.452 e. The van der Waals surface area contributed by atoms with Gasteiger partial charge in [0, 0.05) is 26.2 Å². The van der Waals surface area contributed by atoms with Gasteiger partial charge in [0.1, 0.15) is 0 Å². The third kappa shape index (κ3) is 8.36. The molecular formula is C13H28O5Si. The Morgan fingerprint density at radius 1 is 0.842 bits per heavy atom. The number of unbranched alkanes of at least 4 members (excludes halogenated alkanes) is 3. The number of rotatable bonds is 12. The van der Waals surface area contributed by atoms with Crippen molar-refractivity contribution < 1.29 is 22.5 Å². The summed E-state index contributed by atoms with van der Waals surface area (Å²) < 4.78 is 21.8. The van der Waals surface area contributed by atoms with Gasteiger partial charge in [-0.2, -0.15) is 0 Å². The van der Waals surface area contributed by atoms with E-state index in [2.05, 4.69) is 6.92 Å². The van der Waals surface area contributed by atoms with E-state index in [0.29, 0.717) is 26.2 Å². The maximum absolute atomic E-state index is 11.8. The molecule has 0 rings (SSSR count). The van der Waals surface area contributed by atoms with E-state index in [4.69, 9.17) is 17.7 Å². The molecular weight excluding hydrogens is 264 g/mol. The van der Waals surface area contributed by atoms with Gasteiger partial charge < -0.3 is 17.7 Å². The summed E-state index contributed by atoms with van der Waals surface area (Å²) in [7, 11) is -3.28. The maximum Gasteiger partial charge on any atom is 0.751 e. The zero-order valence-corrected chi connectivity index (χ0v) is 13.7. The lowest BCUT2D eigenvalue weighted by Crippen LogP contribution is -2.50. The molecule has 0 fully saturated rings. The highest BCUT2D eigenvalue weighted by Gasteiger charge is 2.49. The van der Waals surface area contributed by atoms with Crippen LogP contribution in [0.5, 0.6) is 0 Å². The van der Waals surface area contributed by atoms with Crippen LogP contribution in [0.15, 0.2) is 0 Å². The molecule has 19 heavy (non-hydrogen) atoms. The molecule has 0 radical (unpaired) electrons. The SMILES string of the molecule is CCCCCCC(=O)O[Si](OCC)(OCC)OCC. The lowest BCUT2D eigenvalue weighted by molar-refractivity contribution is -0.144. The highest BCUT2D eigenvalue weighted by atomic mass is 28.4. The van der Waals surface area contributed by atoms with Crippen molar-refractivity contribution in [2.45, 2.75) is 59.8 Å². The number of hydrogen-bond donors (Lipinski definition) is 0. The second kappa shape index (κ2) is 11.4. The van der Waals surface area contributed by atoms with Crippen molar-refractivity contribution in [2.24, 2.45) is 0 Å². The van der Waals surface area contributed by atoms with Crippen molar-refractivity contribution in [3.8, 4) is 0 Å². The van der Waals surface area contributed by atoms with Gasteiger partial charge in [-0.1, -0.05) is 26.2 Å². The van der Waals surface area contributed by atoms with Crippen LogP contribution in [0.3, 0.4) is 0 Å². The number of hydrogen-bond acceptors (Lipinski definition) is 5. The van der Waals surface area contributed by atoms with Crippen molar-refractivity contribution in [3.63, 3.8) is 0 Å². The van der Waals surface area contributed by atoms with Crippen molar-refractivity contribution in [3.05, 3.63) is 0 Å². The van der Waals surface area contributed by atoms with Crippen molar-refractivity contribution in [1.82, 2.24) is 0 Å². The molecule has 0 unspecified atom stereocenters. The highest BCUT2D eigenvalue weighted by molar-refractivity contribution is 6.55. The van der Waals surface area contributed by atoms with E-state index in [9.17, 15) is 4.79 Å². The largest absolute Gasteiger partial charge is 0.751 e. The summed E-state index contributed by atoms with van der Waals surface area (Å²) in [5.41, 5.74) is 0. The first-order chi connectivity index (χ1) is 9.14. The van der Waals surface area contributed by atoms with Gasteiger partial charge in [0.25, 0.3) is 5.97 Å². The highest BCUT2D eigenvalue weighted by Crippen LogP contribution is 2.14. The minimum Gasteiger partial charge on any atom is -0.452 e. The number of carbonyl (C=O) groups excluding carboxylic acids is 1. The molecule has 0 amide bonds. The Kier molecular flexibility index (Phi) is 11.1. The summed E-state index contributed by atoms with van der Waals surface area (Å²) in [5, 5.41) is 0. The molecule has 0 N–H and O–H groups in total. The van der Waals surface area contributed by atoms with Gasteiger partial charge in [0.15, 0.2) is 0 Å². The van der Waals surface area contributed by atoms with Gasteiger partial charge in [0.05, 0.1) is 0 Å². The van der Waals surface area contributed by atoms with Gasteiger partial charge in [-0.3, -0.25) is 4.79 Å². The molecule has 0 saturated heterocycles. The van der Waals surface area contributed by atoms with E-state index in [1.165, 1.54) is 0 Å². The fourth-order valence-corrected chi connectivity index (χ4v) is 3.50. The topological polar surface area (TPSA) is 54.0 Å². The van der Waals surface area contributed by atoms with Crippen molar-refractivity contribution in [2.75, 3.05) is 19.8 Å². The molecule has 0 bridgehead atoms. The van der Waals surface area contributed by atoms with Gasteiger partial charge in [-0.05, 0) is 27.2 Å². The van der Waals surface area contributed by atoms with E-state index in [1.54, 1.807) is 0 Å². The fourth-order valence-electron chi connectivity index (χ4n) is 1.63. The van der Waals surface area contributed by atoms with Crippen LogP contribution in [-0.2, 0) is 22.5 Å². The molecule has 0 aromatic carbocycles. The first-order valence-corrected chi connectivity index (χ1v) is 8.91. The Labute approximate surface area is 118 Å². The van der Waals surface area contributed by atoms with E-state index in [0.717, 1.165) is 25.7 Å². The molecule has 114 valence electrons.